The number of sulfonamides is 1. The zero-order chi connectivity index (χ0) is 31.2. The standard InChI is InChI=1S/C28H26ClF2N7O4S/c1-5-22(39)36-11-12-37(15(2)14-36)26-17-13-20(31)24(23-18(29)7-6-8-19(23)30)34-27(17)38(28(40)35-26)25-16(3)33-10-9-21(25)43(41,42)32-4/h5-10,13,15,32H,1,11-12,14H2,2-4H3/t15-/m0/s1. The molecule has 0 saturated carbocycles. The Bertz CT molecular complexity index is 1950. The number of nitrogens with zero attached hydrogens (tertiary/aromatic N) is 6. The van der Waals surface area contributed by atoms with Gasteiger partial charge in [-0.05, 0) is 51.2 Å². The number of hydrogen-bond donors (Lipinski definition) is 1. The number of piperazine rings is 1. The number of aryl methyl sites for hydroxylation is 1. The molecule has 0 spiro atoms. The zero-order valence-electron chi connectivity index (χ0n) is 23.3. The molecule has 224 valence electrons. The van der Waals surface area contributed by atoms with Gasteiger partial charge in [-0.1, -0.05) is 24.2 Å². The van der Waals surface area contributed by atoms with Crippen LogP contribution < -0.4 is 15.3 Å². The first kappa shape index (κ1) is 30.2. The van der Waals surface area contributed by atoms with Gasteiger partial charge in [0.2, 0.25) is 15.9 Å². The summed E-state index contributed by atoms with van der Waals surface area (Å²) in [5.74, 6) is -2.00. The molecule has 0 aliphatic carbocycles. The van der Waals surface area contributed by atoms with Crippen LogP contribution in [-0.2, 0) is 14.8 Å². The van der Waals surface area contributed by atoms with Crippen LogP contribution in [-0.4, -0.2) is 71.5 Å². The summed E-state index contributed by atoms with van der Waals surface area (Å²) in [4.78, 5) is 42.0. The summed E-state index contributed by atoms with van der Waals surface area (Å²) in [6, 6.07) is 5.70. The molecule has 0 bridgehead atoms. The summed E-state index contributed by atoms with van der Waals surface area (Å²) >= 11 is 6.26. The predicted molar refractivity (Wildman–Crippen MR) is 158 cm³/mol. The molecule has 0 unspecified atom stereocenters. The fourth-order valence-corrected chi connectivity index (χ4v) is 6.37. The average Bonchev–Trinajstić information content (AvgIpc) is 2.97. The van der Waals surface area contributed by atoms with Gasteiger partial charge in [-0.3, -0.25) is 9.78 Å². The third kappa shape index (κ3) is 5.26. The van der Waals surface area contributed by atoms with E-state index in [1.165, 1.54) is 44.4 Å². The fraction of sp³-hybridized carbons (Fsp3) is 0.250. The third-order valence-electron chi connectivity index (χ3n) is 7.24. The van der Waals surface area contributed by atoms with Crippen LogP contribution in [0.2, 0.25) is 5.02 Å². The monoisotopic (exact) mass is 629 g/mol. The first-order valence-corrected chi connectivity index (χ1v) is 14.9. The van der Waals surface area contributed by atoms with Crippen molar-refractivity contribution in [2.45, 2.75) is 24.8 Å². The summed E-state index contributed by atoms with van der Waals surface area (Å²) < 4.78 is 60.0. The van der Waals surface area contributed by atoms with Gasteiger partial charge in [-0.25, -0.2) is 36.3 Å². The van der Waals surface area contributed by atoms with E-state index < -0.39 is 33.0 Å². The van der Waals surface area contributed by atoms with Gasteiger partial charge in [-0.2, -0.15) is 4.98 Å². The van der Waals surface area contributed by atoms with Crippen molar-refractivity contribution in [3.8, 4) is 16.9 Å². The van der Waals surface area contributed by atoms with E-state index in [0.29, 0.717) is 0 Å². The van der Waals surface area contributed by atoms with Gasteiger partial charge in [0.25, 0.3) is 0 Å². The minimum Gasteiger partial charge on any atom is -0.350 e. The molecule has 5 rings (SSSR count). The molecule has 1 saturated heterocycles. The minimum atomic E-state index is -4.14. The highest BCUT2D eigenvalue weighted by Crippen LogP contribution is 2.36. The molecule has 4 aromatic rings. The molecule has 1 fully saturated rings. The van der Waals surface area contributed by atoms with Crippen LogP contribution in [0.5, 0.6) is 0 Å². The number of halogens is 3. The van der Waals surface area contributed by atoms with E-state index in [0.717, 1.165) is 16.7 Å². The molecule has 1 amide bonds. The lowest BCUT2D eigenvalue weighted by molar-refractivity contribution is -0.126. The molecule has 1 aliphatic rings. The predicted octanol–water partition coefficient (Wildman–Crippen LogP) is 3.21. The highest BCUT2D eigenvalue weighted by Gasteiger charge is 2.31. The zero-order valence-corrected chi connectivity index (χ0v) is 24.9. The molecule has 1 aliphatic heterocycles. The smallest absolute Gasteiger partial charge is 0.350 e. The maximum atomic E-state index is 15.9. The highest BCUT2D eigenvalue weighted by molar-refractivity contribution is 7.89. The van der Waals surface area contributed by atoms with Crippen LogP contribution in [0, 0.1) is 18.6 Å². The van der Waals surface area contributed by atoms with Crippen molar-refractivity contribution in [3.05, 3.63) is 82.0 Å². The van der Waals surface area contributed by atoms with Gasteiger partial charge < -0.3 is 9.80 Å². The van der Waals surface area contributed by atoms with E-state index in [4.69, 9.17) is 11.6 Å². The Morgan fingerprint density at radius 2 is 1.93 bits per heavy atom. The number of aromatic nitrogens is 4. The first-order valence-electron chi connectivity index (χ1n) is 13.0. The van der Waals surface area contributed by atoms with Crippen LogP contribution in [0.15, 0.2) is 58.9 Å². The lowest BCUT2D eigenvalue weighted by Crippen LogP contribution is -2.54. The Morgan fingerprint density at radius 3 is 2.58 bits per heavy atom. The Hall–Kier alpha value is -4.27. The van der Waals surface area contributed by atoms with Crippen LogP contribution in [0.1, 0.15) is 12.6 Å². The number of rotatable bonds is 6. The second-order valence-corrected chi connectivity index (χ2v) is 12.1. The maximum absolute atomic E-state index is 15.9. The van der Waals surface area contributed by atoms with E-state index in [1.54, 1.807) is 9.80 Å². The van der Waals surface area contributed by atoms with Crippen molar-refractivity contribution in [2.24, 2.45) is 0 Å². The number of fused-ring (bicyclic) bond motifs is 1. The average molecular weight is 630 g/mol. The second kappa shape index (κ2) is 11.4. The van der Waals surface area contributed by atoms with Gasteiger partial charge in [0.1, 0.15) is 22.2 Å². The van der Waals surface area contributed by atoms with E-state index in [9.17, 15) is 22.4 Å². The van der Waals surface area contributed by atoms with E-state index in [2.05, 4.69) is 26.3 Å². The molecule has 15 heteroatoms. The van der Waals surface area contributed by atoms with Crippen molar-refractivity contribution >= 4 is 44.4 Å². The van der Waals surface area contributed by atoms with E-state index >= 15 is 4.39 Å². The SMILES string of the molecule is C=CC(=O)N1CCN(c2nc(=O)n(-c3c(S(=O)(=O)NC)ccnc3C)c3nc(-c4c(F)cccc4Cl)c(F)cc23)[C@@H](C)C1. The lowest BCUT2D eigenvalue weighted by atomic mass is 10.1. The third-order valence-corrected chi connectivity index (χ3v) is 9.00. The summed E-state index contributed by atoms with van der Waals surface area (Å²) in [5, 5.41) is -0.0821. The van der Waals surface area contributed by atoms with Crippen LogP contribution >= 0.6 is 11.6 Å². The molecule has 1 atom stereocenters. The summed E-state index contributed by atoms with van der Waals surface area (Å²) in [6.07, 6.45) is 2.47. The van der Waals surface area contributed by atoms with E-state index in [-0.39, 0.29) is 75.3 Å². The van der Waals surface area contributed by atoms with Crippen molar-refractivity contribution < 1.29 is 22.0 Å². The summed E-state index contributed by atoms with van der Waals surface area (Å²) in [6.45, 7) is 7.59. The minimum absolute atomic E-state index is 0.0414. The molecular formula is C28H26ClF2N7O4S. The molecule has 1 N–H and O–H groups in total. The Kier molecular flexibility index (Phi) is 8.03. The van der Waals surface area contributed by atoms with Gasteiger partial charge in [0.15, 0.2) is 11.5 Å². The Morgan fingerprint density at radius 1 is 1.19 bits per heavy atom. The van der Waals surface area contributed by atoms with Gasteiger partial charge in [0.05, 0.1) is 27.4 Å². The molecule has 1 aromatic carbocycles. The normalized spacial score (nSPS) is 15.6. The molecular weight excluding hydrogens is 604 g/mol. The largest absolute Gasteiger partial charge is 0.355 e. The molecule has 43 heavy (non-hydrogen) atoms. The maximum Gasteiger partial charge on any atom is 0.355 e. The molecule has 11 nitrogen and oxygen atoms in total. The number of pyridine rings is 2. The number of benzene rings is 1. The summed E-state index contributed by atoms with van der Waals surface area (Å²) in [5.41, 5.74) is -1.99. The summed E-state index contributed by atoms with van der Waals surface area (Å²) in [7, 11) is -2.93. The van der Waals surface area contributed by atoms with Gasteiger partial charge in [-0.15, -0.1) is 0 Å². The number of nitrogens with one attached hydrogen (secondary N) is 1. The number of hydrogen-bond acceptors (Lipinski definition) is 8. The number of amides is 1. The topological polar surface area (TPSA) is 130 Å². The number of carbonyl (C=O) groups excluding carboxylic acids is 1. The van der Waals surface area contributed by atoms with Gasteiger partial charge >= 0.3 is 5.69 Å². The van der Waals surface area contributed by atoms with Crippen molar-refractivity contribution in [1.82, 2.24) is 29.1 Å². The molecule has 0 radical (unpaired) electrons. The van der Waals surface area contributed by atoms with Crippen LogP contribution in [0.4, 0.5) is 14.6 Å². The molecule has 4 heterocycles. The van der Waals surface area contributed by atoms with Crippen LogP contribution in [0.25, 0.3) is 28.0 Å². The quantitative estimate of drug-likeness (QED) is 0.322. The van der Waals surface area contributed by atoms with Crippen molar-refractivity contribution in [2.75, 3.05) is 31.6 Å². The lowest BCUT2D eigenvalue weighted by Gasteiger charge is -2.40. The number of anilines is 1. The second-order valence-electron chi connectivity index (χ2n) is 9.82. The number of carbonyl (C=O) groups is 1. The van der Waals surface area contributed by atoms with Crippen LogP contribution in [0.3, 0.4) is 0 Å². The fourth-order valence-electron chi connectivity index (χ4n) is 5.16. The van der Waals surface area contributed by atoms with E-state index in [1.807, 2.05) is 6.92 Å². The van der Waals surface area contributed by atoms with Crippen molar-refractivity contribution in [3.63, 3.8) is 0 Å². The first-order chi connectivity index (χ1) is 20.4. The highest BCUT2D eigenvalue weighted by atomic mass is 35.5. The Balaban J connectivity index is 1.87. The van der Waals surface area contributed by atoms with Gasteiger partial charge in [0, 0.05) is 31.9 Å². The molecule has 3 aromatic heterocycles. The van der Waals surface area contributed by atoms with Crippen molar-refractivity contribution in [1.29, 1.82) is 0 Å². The Labute approximate surface area is 250 Å².